The van der Waals surface area contributed by atoms with Crippen LogP contribution < -0.4 is 10.1 Å². The lowest BCUT2D eigenvalue weighted by Crippen LogP contribution is -2.16. The molecule has 3 aromatic heterocycles. The molecule has 0 fully saturated rings. The first kappa shape index (κ1) is 18.6. The van der Waals surface area contributed by atoms with E-state index in [0.717, 1.165) is 5.56 Å². The van der Waals surface area contributed by atoms with E-state index in [9.17, 15) is 4.79 Å². The molecule has 148 valence electrons. The second-order valence-corrected chi connectivity index (χ2v) is 6.80. The van der Waals surface area contributed by atoms with Gasteiger partial charge < -0.3 is 14.6 Å². The van der Waals surface area contributed by atoms with Crippen LogP contribution >= 0.6 is 0 Å². The van der Waals surface area contributed by atoms with Gasteiger partial charge in [-0.3, -0.25) is 9.20 Å². The lowest BCUT2D eigenvalue weighted by molar-refractivity contribution is -0.115. The Morgan fingerprint density at radius 1 is 1.24 bits per heavy atom. The number of amides is 1. The Kier molecular flexibility index (Phi) is 4.94. The van der Waals surface area contributed by atoms with Crippen molar-refractivity contribution in [1.29, 1.82) is 0 Å². The number of fused-ring (bicyclic) bond motifs is 1. The number of rotatable bonds is 6. The minimum Gasteiger partial charge on any atom is -0.495 e. The molecule has 0 radical (unpaired) electrons. The van der Waals surface area contributed by atoms with Crippen LogP contribution in [0.4, 0.5) is 5.69 Å². The van der Waals surface area contributed by atoms with Crippen molar-refractivity contribution >= 4 is 17.2 Å². The van der Waals surface area contributed by atoms with E-state index >= 15 is 0 Å². The topological polar surface area (TPSA) is 107 Å². The highest BCUT2D eigenvalue weighted by molar-refractivity contribution is 5.93. The van der Waals surface area contributed by atoms with E-state index in [-0.39, 0.29) is 18.2 Å². The molecule has 0 saturated heterocycles. The fraction of sp³-hybridized carbons (Fsp3) is 0.250. The third-order valence-corrected chi connectivity index (χ3v) is 4.39. The van der Waals surface area contributed by atoms with Crippen LogP contribution in [0.15, 0.2) is 47.1 Å². The summed E-state index contributed by atoms with van der Waals surface area (Å²) in [5.74, 6) is 2.15. The maximum absolute atomic E-state index is 12.5. The van der Waals surface area contributed by atoms with Crippen LogP contribution in [-0.2, 0) is 11.2 Å². The van der Waals surface area contributed by atoms with Crippen LogP contribution in [0.25, 0.3) is 17.1 Å². The number of pyridine rings is 1. The summed E-state index contributed by atoms with van der Waals surface area (Å²) in [4.78, 5) is 16.9. The minimum absolute atomic E-state index is 0.0661. The van der Waals surface area contributed by atoms with E-state index in [1.165, 1.54) is 0 Å². The molecular formula is C20H20N6O3. The predicted molar refractivity (Wildman–Crippen MR) is 106 cm³/mol. The maximum atomic E-state index is 12.5. The Labute approximate surface area is 166 Å². The van der Waals surface area contributed by atoms with Crippen LogP contribution in [0, 0.1) is 0 Å². The van der Waals surface area contributed by atoms with Crippen molar-refractivity contribution < 1.29 is 14.1 Å². The largest absolute Gasteiger partial charge is 0.495 e. The lowest BCUT2D eigenvalue weighted by Gasteiger charge is -2.09. The summed E-state index contributed by atoms with van der Waals surface area (Å²) < 4.78 is 12.3. The molecule has 0 spiro atoms. The van der Waals surface area contributed by atoms with E-state index in [2.05, 4.69) is 25.7 Å². The Balaban J connectivity index is 1.53. The van der Waals surface area contributed by atoms with Crippen molar-refractivity contribution in [2.75, 3.05) is 12.4 Å². The van der Waals surface area contributed by atoms with Crippen molar-refractivity contribution in [3.05, 3.63) is 54.2 Å². The molecule has 0 unspecified atom stereocenters. The summed E-state index contributed by atoms with van der Waals surface area (Å²) >= 11 is 0. The van der Waals surface area contributed by atoms with E-state index in [0.29, 0.717) is 34.6 Å². The summed E-state index contributed by atoms with van der Waals surface area (Å²) in [7, 11) is 1.56. The van der Waals surface area contributed by atoms with Crippen LogP contribution in [0.1, 0.15) is 31.4 Å². The number of ether oxygens (including phenoxy) is 1. The molecule has 1 N–H and O–H groups in total. The summed E-state index contributed by atoms with van der Waals surface area (Å²) in [6.07, 6.45) is 1.85. The molecule has 0 aliphatic rings. The predicted octanol–water partition coefficient (Wildman–Crippen LogP) is 3.09. The first-order valence-electron chi connectivity index (χ1n) is 9.15. The van der Waals surface area contributed by atoms with E-state index in [1.54, 1.807) is 35.9 Å². The molecule has 0 bridgehead atoms. The summed E-state index contributed by atoms with van der Waals surface area (Å²) in [5.41, 5.74) is 1.94. The lowest BCUT2D eigenvalue weighted by atomic mass is 10.2. The second-order valence-electron chi connectivity index (χ2n) is 6.80. The quantitative estimate of drug-likeness (QED) is 0.537. The monoisotopic (exact) mass is 392 g/mol. The Morgan fingerprint density at radius 2 is 2.07 bits per heavy atom. The van der Waals surface area contributed by atoms with Gasteiger partial charge in [-0.05, 0) is 24.3 Å². The number of nitrogens with zero attached hydrogens (tertiary/aromatic N) is 5. The Hall–Kier alpha value is -3.75. The molecule has 29 heavy (non-hydrogen) atoms. The van der Waals surface area contributed by atoms with Gasteiger partial charge in [-0.25, -0.2) is 0 Å². The molecule has 3 heterocycles. The average Bonchev–Trinajstić information content (AvgIpc) is 3.36. The molecule has 0 aliphatic carbocycles. The van der Waals surface area contributed by atoms with Crippen molar-refractivity contribution in [1.82, 2.24) is 24.7 Å². The SMILES string of the molecule is COc1ccccc1NC(=O)Cc1nnc2cc(-c3nc(C(C)C)no3)ccn12. The van der Waals surface area contributed by atoms with Gasteiger partial charge in [0.05, 0.1) is 19.2 Å². The number of aromatic nitrogens is 5. The molecule has 1 amide bonds. The van der Waals surface area contributed by atoms with Gasteiger partial charge in [0.25, 0.3) is 5.89 Å². The zero-order chi connectivity index (χ0) is 20.4. The third-order valence-electron chi connectivity index (χ3n) is 4.39. The number of hydrogen-bond donors (Lipinski definition) is 1. The first-order chi connectivity index (χ1) is 14.0. The van der Waals surface area contributed by atoms with Crippen LogP contribution in [0.5, 0.6) is 5.75 Å². The summed E-state index contributed by atoms with van der Waals surface area (Å²) in [6, 6.07) is 10.9. The summed E-state index contributed by atoms with van der Waals surface area (Å²) in [6.45, 7) is 4.00. The maximum Gasteiger partial charge on any atom is 0.258 e. The molecule has 4 rings (SSSR count). The smallest absolute Gasteiger partial charge is 0.258 e. The normalized spacial score (nSPS) is 11.2. The number of nitrogens with one attached hydrogen (secondary N) is 1. The third kappa shape index (κ3) is 3.79. The number of hydrogen-bond acceptors (Lipinski definition) is 7. The molecule has 0 atom stereocenters. The highest BCUT2D eigenvalue weighted by Crippen LogP contribution is 2.24. The van der Waals surface area contributed by atoms with E-state index in [4.69, 9.17) is 9.26 Å². The fourth-order valence-electron chi connectivity index (χ4n) is 2.87. The van der Waals surface area contributed by atoms with Crippen LogP contribution in [0.3, 0.4) is 0 Å². The van der Waals surface area contributed by atoms with Crippen molar-refractivity contribution in [3.8, 4) is 17.2 Å². The van der Waals surface area contributed by atoms with Gasteiger partial charge in [-0.2, -0.15) is 4.98 Å². The zero-order valence-corrected chi connectivity index (χ0v) is 16.3. The van der Waals surface area contributed by atoms with Crippen LogP contribution in [-0.4, -0.2) is 37.8 Å². The number of para-hydroxylation sites is 2. The molecule has 9 nitrogen and oxygen atoms in total. The van der Waals surface area contributed by atoms with E-state index < -0.39 is 0 Å². The average molecular weight is 392 g/mol. The molecule has 9 heteroatoms. The fourth-order valence-corrected chi connectivity index (χ4v) is 2.87. The van der Waals surface area contributed by atoms with Crippen molar-refractivity contribution in [3.63, 3.8) is 0 Å². The van der Waals surface area contributed by atoms with Gasteiger partial charge in [0.1, 0.15) is 11.6 Å². The van der Waals surface area contributed by atoms with Gasteiger partial charge in [-0.1, -0.05) is 31.1 Å². The highest BCUT2D eigenvalue weighted by atomic mass is 16.5. The number of benzene rings is 1. The standard InChI is InChI=1S/C20H20N6O3/c1-12(2)19-22-20(29-25-19)13-8-9-26-16(10-13)23-24-17(26)11-18(27)21-14-6-4-5-7-15(14)28-3/h4-10,12H,11H2,1-3H3,(H,21,27). The molecule has 0 saturated carbocycles. The number of anilines is 1. The zero-order valence-electron chi connectivity index (χ0n) is 16.3. The number of methoxy groups -OCH3 is 1. The molecule has 0 aliphatic heterocycles. The molecule has 4 aromatic rings. The van der Waals surface area contributed by atoms with Gasteiger partial charge in [0, 0.05) is 17.7 Å². The van der Waals surface area contributed by atoms with E-state index in [1.807, 2.05) is 32.0 Å². The minimum atomic E-state index is -0.216. The second kappa shape index (κ2) is 7.70. The molecular weight excluding hydrogens is 372 g/mol. The van der Waals surface area contributed by atoms with Crippen molar-refractivity contribution in [2.24, 2.45) is 0 Å². The Morgan fingerprint density at radius 3 is 2.83 bits per heavy atom. The van der Waals surface area contributed by atoms with Gasteiger partial charge in [0.15, 0.2) is 11.5 Å². The van der Waals surface area contributed by atoms with Gasteiger partial charge >= 0.3 is 0 Å². The number of carbonyl (C=O) groups is 1. The van der Waals surface area contributed by atoms with Gasteiger partial charge in [0.2, 0.25) is 5.91 Å². The molecule has 1 aromatic carbocycles. The van der Waals surface area contributed by atoms with Crippen LogP contribution in [0.2, 0.25) is 0 Å². The highest BCUT2D eigenvalue weighted by Gasteiger charge is 2.16. The number of carbonyl (C=O) groups excluding carboxylic acids is 1. The van der Waals surface area contributed by atoms with Crippen molar-refractivity contribution in [2.45, 2.75) is 26.2 Å². The van der Waals surface area contributed by atoms with Gasteiger partial charge in [-0.15, -0.1) is 10.2 Å². The first-order valence-corrected chi connectivity index (χ1v) is 9.15. The summed E-state index contributed by atoms with van der Waals surface area (Å²) in [5, 5.41) is 15.1. The Bertz CT molecular complexity index is 1160.